The Morgan fingerprint density at radius 1 is 1.35 bits per heavy atom. The summed E-state index contributed by atoms with van der Waals surface area (Å²) in [6, 6.07) is 4.95. The summed E-state index contributed by atoms with van der Waals surface area (Å²) < 4.78 is 13.5. The van der Waals surface area contributed by atoms with Crippen LogP contribution in [0, 0.1) is 17.7 Å². The number of hydrogen-bond donors (Lipinski definition) is 2. The van der Waals surface area contributed by atoms with Crippen LogP contribution in [0.15, 0.2) is 24.4 Å². The Labute approximate surface area is 119 Å². The highest BCUT2D eigenvalue weighted by Crippen LogP contribution is 2.41. The van der Waals surface area contributed by atoms with E-state index in [0.29, 0.717) is 24.3 Å². The van der Waals surface area contributed by atoms with E-state index in [1.54, 1.807) is 6.07 Å². The van der Waals surface area contributed by atoms with E-state index in [4.69, 9.17) is 5.73 Å². The second kappa shape index (κ2) is 5.57. The first-order chi connectivity index (χ1) is 9.70. The summed E-state index contributed by atoms with van der Waals surface area (Å²) >= 11 is 0. The van der Waals surface area contributed by atoms with Crippen molar-refractivity contribution in [1.82, 2.24) is 4.98 Å². The number of fused-ring (bicyclic) bond motifs is 1. The SMILES string of the molecule is CC1CCCCC1C(CN)c1c[nH]c2ccc(F)cc12. The van der Waals surface area contributed by atoms with Crippen LogP contribution in [0.5, 0.6) is 0 Å². The molecule has 1 aliphatic carbocycles. The number of nitrogens with two attached hydrogens (primary N) is 1. The van der Waals surface area contributed by atoms with Gasteiger partial charge >= 0.3 is 0 Å². The molecule has 2 aromatic rings. The molecule has 3 unspecified atom stereocenters. The topological polar surface area (TPSA) is 41.8 Å². The predicted molar refractivity (Wildman–Crippen MR) is 81.2 cm³/mol. The van der Waals surface area contributed by atoms with E-state index >= 15 is 0 Å². The number of halogens is 1. The third-order valence-corrected chi connectivity index (χ3v) is 5.02. The molecule has 0 amide bonds. The van der Waals surface area contributed by atoms with Crippen molar-refractivity contribution in [2.45, 2.75) is 38.5 Å². The zero-order valence-electron chi connectivity index (χ0n) is 12.0. The standard InChI is InChI=1S/C17H23FN2/c1-11-4-2-3-5-13(11)15(9-19)16-10-20-17-7-6-12(18)8-14(16)17/h6-8,10-11,13,15,20H,2-5,9,19H2,1H3. The summed E-state index contributed by atoms with van der Waals surface area (Å²) in [4.78, 5) is 3.26. The normalized spacial score (nSPS) is 24.9. The molecule has 1 fully saturated rings. The molecular formula is C17H23FN2. The highest BCUT2D eigenvalue weighted by Gasteiger charge is 2.30. The highest BCUT2D eigenvalue weighted by atomic mass is 19.1. The van der Waals surface area contributed by atoms with Crippen LogP contribution in [0.4, 0.5) is 4.39 Å². The van der Waals surface area contributed by atoms with Gasteiger partial charge in [-0.2, -0.15) is 0 Å². The van der Waals surface area contributed by atoms with Gasteiger partial charge in [-0.1, -0.05) is 26.2 Å². The van der Waals surface area contributed by atoms with E-state index in [-0.39, 0.29) is 5.82 Å². The Bertz CT molecular complexity index is 590. The fourth-order valence-corrected chi connectivity index (χ4v) is 3.90. The molecule has 1 saturated carbocycles. The van der Waals surface area contributed by atoms with Gasteiger partial charge in [0.25, 0.3) is 0 Å². The van der Waals surface area contributed by atoms with E-state index in [9.17, 15) is 4.39 Å². The van der Waals surface area contributed by atoms with Crippen LogP contribution in [-0.4, -0.2) is 11.5 Å². The average molecular weight is 274 g/mol. The third-order valence-electron chi connectivity index (χ3n) is 5.02. The largest absolute Gasteiger partial charge is 0.361 e. The van der Waals surface area contributed by atoms with E-state index < -0.39 is 0 Å². The Morgan fingerprint density at radius 3 is 2.90 bits per heavy atom. The lowest BCUT2D eigenvalue weighted by molar-refractivity contribution is 0.219. The number of H-pyrrole nitrogens is 1. The first-order valence-electron chi connectivity index (χ1n) is 7.67. The second-order valence-corrected chi connectivity index (χ2v) is 6.20. The molecule has 3 rings (SSSR count). The van der Waals surface area contributed by atoms with Crippen molar-refractivity contribution in [3.63, 3.8) is 0 Å². The fraction of sp³-hybridized carbons (Fsp3) is 0.529. The summed E-state index contributed by atoms with van der Waals surface area (Å²) in [6.45, 7) is 2.97. The van der Waals surface area contributed by atoms with Gasteiger partial charge in [0.1, 0.15) is 5.82 Å². The van der Waals surface area contributed by atoms with Crippen molar-refractivity contribution >= 4 is 10.9 Å². The van der Waals surface area contributed by atoms with E-state index in [1.165, 1.54) is 37.3 Å². The Balaban J connectivity index is 2.00. The molecule has 2 nitrogen and oxygen atoms in total. The summed E-state index contributed by atoms with van der Waals surface area (Å²) in [5, 5.41) is 0.998. The average Bonchev–Trinajstić information content (AvgIpc) is 2.85. The van der Waals surface area contributed by atoms with Crippen LogP contribution in [0.1, 0.15) is 44.1 Å². The first-order valence-corrected chi connectivity index (χ1v) is 7.67. The first kappa shape index (κ1) is 13.6. The molecule has 0 radical (unpaired) electrons. The van der Waals surface area contributed by atoms with E-state index in [0.717, 1.165) is 10.9 Å². The lowest BCUT2D eigenvalue weighted by Gasteiger charge is -2.35. The quantitative estimate of drug-likeness (QED) is 0.866. The number of rotatable bonds is 3. The minimum atomic E-state index is -0.175. The lowest BCUT2D eigenvalue weighted by Crippen LogP contribution is -2.28. The molecule has 0 spiro atoms. The van der Waals surface area contributed by atoms with Crippen LogP contribution in [0.3, 0.4) is 0 Å². The van der Waals surface area contributed by atoms with Crippen molar-refractivity contribution in [3.05, 3.63) is 35.8 Å². The molecule has 0 saturated heterocycles. The Morgan fingerprint density at radius 2 is 2.15 bits per heavy atom. The fourth-order valence-electron chi connectivity index (χ4n) is 3.90. The molecule has 1 heterocycles. The molecule has 1 aliphatic rings. The molecular weight excluding hydrogens is 251 g/mol. The molecule has 3 N–H and O–H groups in total. The Hall–Kier alpha value is -1.35. The molecule has 1 aromatic carbocycles. The van der Waals surface area contributed by atoms with Gasteiger partial charge in [-0.15, -0.1) is 0 Å². The molecule has 1 aromatic heterocycles. The van der Waals surface area contributed by atoms with Crippen LogP contribution in [0.25, 0.3) is 10.9 Å². The molecule has 20 heavy (non-hydrogen) atoms. The smallest absolute Gasteiger partial charge is 0.123 e. The summed E-state index contributed by atoms with van der Waals surface area (Å²) in [7, 11) is 0. The minimum Gasteiger partial charge on any atom is -0.361 e. The zero-order chi connectivity index (χ0) is 14.1. The van der Waals surface area contributed by atoms with Crippen molar-refractivity contribution < 1.29 is 4.39 Å². The van der Waals surface area contributed by atoms with Gasteiger partial charge in [0, 0.05) is 23.0 Å². The van der Waals surface area contributed by atoms with Gasteiger partial charge in [-0.05, 0) is 48.6 Å². The second-order valence-electron chi connectivity index (χ2n) is 6.20. The van der Waals surface area contributed by atoms with Crippen molar-refractivity contribution in [3.8, 4) is 0 Å². The maximum absolute atomic E-state index is 13.5. The van der Waals surface area contributed by atoms with Gasteiger partial charge in [0.05, 0.1) is 0 Å². The summed E-state index contributed by atoms with van der Waals surface area (Å²) in [6.07, 6.45) is 7.19. The number of nitrogens with one attached hydrogen (secondary N) is 1. The predicted octanol–water partition coefficient (Wildman–Crippen LogP) is 4.18. The van der Waals surface area contributed by atoms with Gasteiger partial charge in [-0.25, -0.2) is 4.39 Å². The van der Waals surface area contributed by atoms with E-state index in [2.05, 4.69) is 11.9 Å². The number of hydrogen-bond acceptors (Lipinski definition) is 1. The minimum absolute atomic E-state index is 0.175. The highest BCUT2D eigenvalue weighted by molar-refractivity contribution is 5.83. The monoisotopic (exact) mass is 274 g/mol. The zero-order valence-corrected chi connectivity index (χ0v) is 12.0. The van der Waals surface area contributed by atoms with Crippen molar-refractivity contribution in [2.75, 3.05) is 6.54 Å². The molecule has 0 aliphatic heterocycles. The van der Waals surface area contributed by atoms with Crippen LogP contribution in [0.2, 0.25) is 0 Å². The molecule has 0 bridgehead atoms. The molecule has 108 valence electrons. The lowest BCUT2D eigenvalue weighted by atomic mass is 9.71. The number of aromatic nitrogens is 1. The van der Waals surface area contributed by atoms with Crippen molar-refractivity contribution in [1.29, 1.82) is 0 Å². The molecule has 3 atom stereocenters. The van der Waals surface area contributed by atoms with Crippen LogP contribution in [-0.2, 0) is 0 Å². The van der Waals surface area contributed by atoms with Crippen LogP contribution < -0.4 is 5.73 Å². The summed E-state index contributed by atoms with van der Waals surface area (Å²) in [5.41, 5.74) is 8.28. The number of benzene rings is 1. The number of aromatic amines is 1. The van der Waals surface area contributed by atoms with Gasteiger partial charge in [0.2, 0.25) is 0 Å². The van der Waals surface area contributed by atoms with Gasteiger partial charge < -0.3 is 10.7 Å². The van der Waals surface area contributed by atoms with Crippen molar-refractivity contribution in [2.24, 2.45) is 17.6 Å². The summed E-state index contributed by atoms with van der Waals surface area (Å²) in [5.74, 6) is 1.48. The third kappa shape index (κ3) is 2.35. The molecule has 3 heteroatoms. The maximum Gasteiger partial charge on any atom is 0.123 e. The Kier molecular flexibility index (Phi) is 3.79. The van der Waals surface area contributed by atoms with E-state index in [1.807, 2.05) is 12.3 Å². The van der Waals surface area contributed by atoms with Crippen LogP contribution >= 0.6 is 0 Å². The van der Waals surface area contributed by atoms with Gasteiger partial charge in [-0.3, -0.25) is 0 Å². The van der Waals surface area contributed by atoms with Gasteiger partial charge in [0.15, 0.2) is 0 Å². The maximum atomic E-state index is 13.5.